The summed E-state index contributed by atoms with van der Waals surface area (Å²) in [6.45, 7) is 0.714. The number of rotatable bonds is 2. The molecule has 4 nitrogen and oxygen atoms in total. The molecule has 0 fully saturated rings. The zero-order chi connectivity index (χ0) is 9.26. The lowest BCUT2D eigenvalue weighted by Crippen LogP contribution is -2.20. The Morgan fingerprint density at radius 2 is 2.31 bits per heavy atom. The highest BCUT2D eigenvalue weighted by Gasteiger charge is 2.24. The van der Waals surface area contributed by atoms with Gasteiger partial charge >= 0.3 is 0 Å². The molecule has 1 aromatic carbocycles. The molecule has 2 rings (SSSR count). The Labute approximate surface area is 75.7 Å². The van der Waals surface area contributed by atoms with Gasteiger partial charge in [0.05, 0.1) is 6.04 Å². The minimum absolute atomic E-state index is 0.0307. The van der Waals surface area contributed by atoms with Gasteiger partial charge in [-0.05, 0) is 11.1 Å². The van der Waals surface area contributed by atoms with Crippen LogP contribution >= 0.6 is 0 Å². The smallest absolute Gasteiger partial charge is 0.223 e. The Balaban J connectivity index is 2.23. The Kier molecular flexibility index (Phi) is 1.98. The third-order valence-electron chi connectivity index (χ3n) is 2.30. The van der Waals surface area contributed by atoms with Crippen LogP contribution < -0.4 is 5.32 Å². The van der Waals surface area contributed by atoms with E-state index >= 15 is 0 Å². The maximum atomic E-state index is 10.3. The largest absolute Gasteiger partial charge is 0.300 e. The summed E-state index contributed by atoms with van der Waals surface area (Å²) in [6, 6.07) is 7.71. The Morgan fingerprint density at radius 1 is 1.54 bits per heavy atom. The normalized spacial score (nSPS) is 19.8. The summed E-state index contributed by atoms with van der Waals surface area (Å²) in [4.78, 5) is 10.1. The monoisotopic (exact) mass is 178 g/mol. The SMILES string of the molecule is O=[N+]([O-])CC1NCc2ccccc21. The number of hydrogen-bond acceptors (Lipinski definition) is 3. The van der Waals surface area contributed by atoms with E-state index in [0.29, 0.717) is 0 Å². The number of benzene rings is 1. The molecule has 1 heterocycles. The van der Waals surface area contributed by atoms with E-state index in [2.05, 4.69) is 5.32 Å². The first-order valence-electron chi connectivity index (χ1n) is 4.20. The summed E-state index contributed by atoms with van der Waals surface area (Å²) >= 11 is 0. The van der Waals surface area contributed by atoms with Crippen LogP contribution in [0.4, 0.5) is 0 Å². The zero-order valence-electron chi connectivity index (χ0n) is 7.06. The van der Waals surface area contributed by atoms with Crippen molar-refractivity contribution in [1.82, 2.24) is 5.32 Å². The highest BCUT2D eigenvalue weighted by molar-refractivity contribution is 5.33. The fourth-order valence-electron chi connectivity index (χ4n) is 1.69. The van der Waals surface area contributed by atoms with Gasteiger partial charge in [-0.25, -0.2) is 0 Å². The van der Waals surface area contributed by atoms with Crippen LogP contribution in [-0.4, -0.2) is 11.5 Å². The minimum Gasteiger partial charge on any atom is -0.300 e. The summed E-state index contributed by atoms with van der Waals surface area (Å²) in [7, 11) is 0. The van der Waals surface area contributed by atoms with Crippen LogP contribution in [0, 0.1) is 10.1 Å². The standard InChI is InChI=1S/C9H10N2O2/c12-11(13)6-9-8-4-2-1-3-7(8)5-10-9/h1-4,9-10H,5-6H2. The number of hydrogen-bond donors (Lipinski definition) is 1. The molecule has 1 aliphatic heterocycles. The lowest BCUT2D eigenvalue weighted by atomic mass is 10.1. The van der Waals surface area contributed by atoms with Crippen molar-refractivity contribution in [3.63, 3.8) is 0 Å². The van der Waals surface area contributed by atoms with Gasteiger partial charge in [0.25, 0.3) is 0 Å². The number of fused-ring (bicyclic) bond motifs is 1. The molecule has 0 spiro atoms. The van der Waals surface area contributed by atoms with Crippen molar-refractivity contribution in [2.24, 2.45) is 0 Å². The lowest BCUT2D eigenvalue weighted by molar-refractivity contribution is -0.484. The fraction of sp³-hybridized carbons (Fsp3) is 0.333. The van der Waals surface area contributed by atoms with E-state index in [-0.39, 0.29) is 17.5 Å². The maximum absolute atomic E-state index is 10.3. The molecular weight excluding hydrogens is 168 g/mol. The molecular formula is C9H10N2O2. The topological polar surface area (TPSA) is 55.2 Å². The third-order valence-corrected chi connectivity index (χ3v) is 2.30. The zero-order valence-corrected chi connectivity index (χ0v) is 7.06. The van der Waals surface area contributed by atoms with E-state index < -0.39 is 0 Å². The molecule has 0 aromatic heterocycles. The molecule has 0 aliphatic carbocycles. The molecule has 68 valence electrons. The highest BCUT2D eigenvalue weighted by Crippen LogP contribution is 2.24. The van der Waals surface area contributed by atoms with Gasteiger partial charge in [-0.1, -0.05) is 24.3 Å². The molecule has 4 heteroatoms. The first kappa shape index (κ1) is 8.19. The Bertz CT molecular complexity index is 338. The van der Waals surface area contributed by atoms with Crippen LogP contribution in [0.3, 0.4) is 0 Å². The lowest BCUT2D eigenvalue weighted by Gasteiger charge is -2.05. The van der Waals surface area contributed by atoms with Crippen LogP contribution in [0.1, 0.15) is 17.2 Å². The highest BCUT2D eigenvalue weighted by atomic mass is 16.6. The van der Waals surface area contributed by atoms with Gasteiger partial charge in [0.1, 0.15) is 0 Å². The van der Waals surface area contributed by atoms with Crippen LogP contribution in [0.2, 0.25) is 0 Å². The average molecular weight is 178 g/mol. The second kappa shape index (κ2) is 3.14. The Morgan fingerprint density at radius 3 is 3.08 bits per heavy atom. The van der Waals surface area contributed by atoms with Gasteiger partial charge < -0.3 is 5.32 Å². The van der Waals surface area contributed by atoms with E-state index in [4.69, 9.17) is 0 Å². The quantitative estimate of drug-likeness (QED) is 0.545. The van der Waals surface area contributed by atoms with Crippen molar-refractivity contribution in [2.75, 3.05) is 6.54 Å². The summed E-state index contributed by atoms with van der Waals surface area (Å²) in [5.74, 6) is 0. The molecule has 1 N–H and O–H groups in total. The summed E-state index contributed by atoms with van der Waals surface area (Å²) in [6.07, 6.45) is 0. The first-order chi connectivity index (χ1) is 6.27. The van der Waals surface area contributed by atoms with E-state index in [0.717, 1.165) is 12.1 Å². The number of nitrogens with zero attached hydrogens (tertiary/aromatic N) is 1. The third kappa shape index (κ3) is 1.53. The van der Waals surface area contributed by atoms with Gasteiger partial charge in [-0.15, -0.1) is 0 Å². The van der Waals surface area contributed by atoms with Gasteiger partial charge in [0.2, 0.25) is 6.54 Å². The minimum atomic E-state index is -0.278. The molecule has 0 saturated heterocycles. The first-order valence-corrected chi connectivity index (χ1v) is 4.20. The van der Waals surface area contributed by atoms with Crippen LogP contribution in [-0.2, 0) is 6.54 Å². The molecule has 0 amide bonds. The predicted molar refractivity (Wildman–Crippen MR) is 47.9 cm³/mol. The Hall–Kier alpha value is -1.42. The average Bonchev–Trinajstić information content (AvgIpc) is 2.48. The maximum Gasteiger partial charge on any atom is 0.223 e. The number of nitro groups is 1. The van der Waals surface area contributed by atoms with Crippen molar-refractivity contribution in [2.45, 2.75) is 12.6 Å². The molecule has 1 aromatic rings. The van der Waals surface area contributed by atoms with Gasteiger partial charge in [-0.3, -0.25) is 10.1 Å². The predicted octanol–water partition coefficient (Wildman–Crippen LogP) is 1.11. The van der Waals surface area contributed by atoms with Crippen molar-refractivity contribution in [3.8, 4) is 0 Å². The van der Waals surface area contributed by atoms with E-state index in [9.17, 15) is 10.1 Å². The van der Waals surface area contributed by atoms with Crippen LogP contribution in [0.5, 0.6) is 0 Å². The molecule has 1 atom stereocenters. The molecule has 0 radical (unpaired) electrons. The number of nitrogens with one attached hydrogen (secondary N) is 1. The van der Waals surface area contributed by atoms with E-state index in [1.165, 1.54) is 5.56 Å². The van der Waals surface area contributed by atoms with Crippen molar-refractivity contribution in [1.29, 1.82) is 0 Å². The molecule has 0 saturated carbocycles. The summed E-state index contributed by atoms with van der Waals surface area (Å²) in [5.41, 5.74) is 2.24. The molecule has 1 unspecified atom stereocenters. The van der Waals surface area contributed by atoms with Crippen molar-refractivity contribution < 1.29 is 4.92 Å². The fourth-order valence-corrected chi connectivity index (χ4v) is 1.69. The second-order valence-electron chi connectivity index (χ2n) is 3.15. The van der Waals surface area contributed by atoms with Crippen LogP contribution in [0.25, 0.3) is 0 Å². The van der Waals surface area contributed by atoms with Crippen molar-refractivity contribution in [3.05, 3.63) is 45.5 Å². The van der Waals surface area contributed by atoms with Gasteiger partial charge in [0, 0.05) is 11.5 Å². The van der Waals surface area contributed by atoms with Crippen molar-refractivity contribution >= 4 is 0 Å². The molecule has 13 heavy (non-hydrogen) atoms. The summed E-state index contributed by atoms with van der Waals surface area (Å²) < 4.78 is 0. The van der Waals surface area contributed by atoms with E-state index in [1.54, 1.807) is 0 Å². The summed E-state index contributed by atoms with van der Waals surface area (Å²) in [5, 5.41) is 13.4. The van der Waals surface area contributed by atoms with Gasteiger partial charge in [0.15, 0.2) is 0 Å². The molecule has 0 bridgehead atoms. The van der Waals surface area contributed by atoms with E-state index in [1.807, 2.05) is 24.3 Å². The van der Waals surface area contributed by atoms with Crippen LogP contribution in [0.15, 0.2) is 24.3 Å². The van der Waals surface area contributed by atoms with Gasteiger partial charge in [-0.2, -0.15) is 0 Å². The second-order valence-corrected chi connectivity index (χ2v) is 3.15. The molecule has 1 aliphatic rings.